The number of aromatic nitrogens is 2. The molecule has 0 spiro atoms. The Morgan fingerprint density at radius 2 is 2.12 bits per heavy atom. The Morgan fingerprint density at radius 3 is 2.88 bits per heavy atom. The van der Waals surface area contributed by atoms with E-state index in [-0.39, 0.29) is 17.1 Å². The molecule has 0 unspecified atom stereocenters. The van der Waals surface area contributed by atoms with Gasteiger partial charge in [-0.05, 0) is 36.6 Å². The van der Waals surface area contributed by atoms with Gasteiger partial charge in [0, 0.05) is 32.4 Å². The van der Waals surface area contributed by atoms with Crippen molar-refractivity contribution in [1.29, 1.82) is 0 Å². The van der Waals surface area contributed by atoms with Crippen molar-refractivity contribution in [3.8, 4) is 0 Å². The summed E-state index contributed by atoms with van der Waals surface area (Å²) in [4.78, 5) is 2.20. The fourth-order valence-electron chi connectivity index (χ4n) is 3.34. The van der Waals surface area contributed by atoms with Gasteiger partial charge in [-0.15, -0.1) is 0 Å². The summed E-state index contributed by atoms with van der Waals surface area (Å²) >= 11 is 0. The van der Waals surface area contributed by atoms with Crippen molar-refractivity contribution in [2.75, 3.05) is 13.1 Å². The summed E-state index contributed by atoms with van der Waals surface area (Å²) in [5.41, 5.74) is 1.95. The van der Waals surface area contributed by atoms with Crippen LogP contribution in [0.25, 0.3) is 0 Å². The van der Waals surface area contributed by atoms with Crippen LogP contribution in [0.4, 0.5) is 4.39 Å². The summed E-state index contributed by atoms with van der Waals surface area (Å²) in [5, 5.41) is 4.12. The van der Waals surface area contributed by atoms with Crippen molar-refractivity contribution >= 4 is 10.0 Å². The van der Waals surface area contributed by atoms with Gasteiger partial charge in [-0.1, -0.05) is 12.1 Å². The summed E-state index contributed by atoms with van der Waals surface area (Å²) < 4.78 is 42.3. The van der Waals surface area contributed by atoms with E-state index in [1.807, 2.05) is 16.8 Å². The summed E-state index contributed by atoms with van der Waals surface area (Å²) in [6, 6.07) is 8.46. The van der Waals surface area contributed by atoms with Crippen molar-refractivity contribution in [2.45, 2.75) is 37.2 Å². The van der Waals surface area contributed by atoms with Gasteiger partial charge in [0.05, 0.1) is 17.0 Å². The molecule has 1 aromatic carbocycles. The molecule has 1 aliphatic heterocycles. The number of sulfonamides is 1. The number of rotatable bonds is 6. The first kappa shape index (κ1) is 16.7. The molecule has 0 saturated heterocycles. The molecule has 0 radical (unpaired) electrons. The van der Waals surface area contributed by atoms with E-state index >= 15 is 0 Å². The van der Waals surface area contributed by atoms with Gasteiger partial charge in [0.1, 0.15) is 5.82 Å². The van der Waals surface area contributed by atoms with Crippen molar-refractivity contribution in [2.24, 2.45) is 0 Å². The maximum Gasteiger partial charge on any atom is 0.214 e. The second-order valence-electron chi connectivity index (χ2n) is 6.81. The quantitative estimate of drug-likeness (QED) is 0.847. The normalized spacial score (nSPS) is 21.2. The molecule has 8 heteroatoms. The Bertz CT molecular complexity index is 863. The van der Waals surface area contributed by atoms with Crippen LogP contribution in [0.1, 0.15) is 30.1 Å². The van der Waals surface area contributed by atoms with E-state index in [4.69, 9.17) is 0 Å². The van der Waals surface area contributed by atoms with Gasteiger partial charge in [0.15, 0.2) is 0 Å². The monoisotopic (exact) mass is 364 g/mol. The van der Waals surface area contributed by atoms with E-state index < -0.39 is 10.0 Å². The highest BCUT2D eigenvalue weighted by Crippen LogP contribution is 2.28. The molecule has 1 atom stereocenters. The smallest absolute Gasteiger partial charge is 0.214 e. The second kappa shape index (κ2) is 6.51. The molecule has 1 fully saturated rings. The maximum atomic E-state index is 13.4. The highest BCUT2D eigenvalue weighted by Gasteiger charge is 2.36. The molecule has 1 saturated carbocycles. The van der Waals surface area contributed by atoms with E-state index in [0.29, 0.717) is 26.2 Å². The lowest BCUT2D eigenvalue weighted by molar-refractivity contribution is 0.168. The molecule has 134 valence electrons. The van der Waals surface area contributed by atoms with Gasteiger partial charge in [-0.3, -0.25) is 9.58 Å². The highest BCUT2D eigenvalue weighted by molar-refractivity contribution is 7.90. The number of halogens is 1. The largest absolute Gasteiger partial charge is 0.291 e. The molecular formula is C17H21FN4O2S. The first-order valence-corrected chi connectivity index (χ1v) is 10.0. The van der Waals surface area contributed by atoms with Gasteiger partial charge < -0.3 is 0 Å². The molecule has 1 N–H and O–H groups in total. The van der Waals surface area contributed by atoms with Crippen molar-refractivity contribution in [1.82, 2.24) is 19.4 Å². The van der Waals surface area contributed by atoms with Crippen LogP contribution in [-0.2, 0) is 23.1 Å². The van der Waals surface area contributed by atoms with Crippen molar-refractivity contribution < 1.29 is 12.8 Å². The van der Waals surface area contributed by atoms with Gasteiger partial charge in [-0.2, -0.15) is 5.10 Å². The molecule has 6 nitrogen and oxygen atoms in total. The third-order valence-electron chi connectivity index (χ3n) is 4.73. The minimum atomic E-state index is -3.21. The molecule has 0 amide bonds. The zero-order valence-corrected chi connectivity index (χ0v) is 14.6. The van der Waals surface area contributed by atoms with Crippen LogP contribution in [-0.4, -0.2) is 41.4 Å². The molecule has 2 aliphatic rings. The summed E-state index contributed by atoms with van der Waals surface area (Å²) in [6.45, 7) is 2.32. The van der Waals surface area contributed by atoms with Crippen LogP contribution in [0.3, 0.4) is 0 Å². The third kappa shape index (κ3) is 3.75. The van der Waals surface area contributed by atoms with Crippen molar-refractivity contribution in [3.05, 3.63) is 53.6 Å². The molecule has 2 heterocycles. The van der Waals surface area contributed by atoms with Crippen LogP contribution in [0.5, 0.6) is 0 Å². The zero-order chi connectivity index (χ0) is 17.4. The number of nitrogens with zero attached hydrogens (tertiary/aromatic N) is 3. The van der Waals surface area contributed by atoms with Gasteiger partial charge in [-0.25, -0.2) is 17.5 Å². The Balaban J connectivity index is 1.47. The average Bonchev–Trinajstić information content (AvgIpc) is 3.33. The highest BCUT2D eigenvalue weighted by atomic mass is 32.2. The second-order valence-corrected chi connectivity index (χ2v) is 8.86. The Labute approximate surface area is 146 Å². The molecule has 1 aromatic heterocycles. The standard InChI is InChI=1S/C17H21FN4O2S/c18-14-3-1-2-13(8-14)10-21-11-15-6-7-19-22(15)16(12-21)9-20-25(23,24)17-4-5-17/h1-3,6-8,16-17,20H,4-5,9-12H2/t16-/m1/s1. The molecule has 0 bridgehead atoms. The minimum absolute atomic E-state index is 0.0687. The van der Waals surface area contributed by atoms with Gasteiger partial charge in [0.25, 0.3) is 0 Å². The zero-order valence-electron chi connectivity index (χ0n) is 13.8. The fraction of sp³-hybridized carbons (Fsp3) is 0.471. The topological polar surface area (TPSA) is 67.2 Å². The van der Waals surface area contributed by atoms with Gasteiger partial charge >= 0.3 is 0 Å². The van der Waals surface area contributed by atoms with Crippen molar-refractivity contribution in [3.63, 3.8) is 0 Å². The number of benzene rings is 1. The molecular weight excluding hydrogens is 343 g/mol. The van der Waals surface area contributed by atoms with E-state index in [9.17, 15) is 12.8 Å². The predicted molar refractivity (Wildman–Crippen MR) is 91.7 cm³/mol. The molecule has 2 aromatic rings. The van der Waals surface area contributed by atoms with E-state index in [2.05, 4.69) is 14.7 Å². The van der Waals surface area contributed by atoms with Crippen LogP contribution >= 0.6 is 0 Å². The Hall–Kier alpha value is -1.77. The lowest BCUT2D eigenvalue weighted by Crippen LogP contribution is -2.43. The predicted octanol–water partition coefficient (Wildman–Crippen LogP) is 1.66. The first-order chi connectivity index (χ1) is 12.0. The molecule has 1 aliphatic carbocycles. The Morgan fingerprint density at radius 1 is 1.28 bits per heavy atom. The van der Waals surface area contributed by atoms with E-state index in [0.717, 1.165) is 24.1 Å². The summed E-state index contributed by atoms with van der Waals surface area (Å²) in [6.07, 6.45) is 3.24. The van der Waals surface area contributed by atoms with Crippen LogP contribution in [0.15, 0.2) is 36.5 Å². The number of hydrogen-bond donors (Lipinski definition) is 1. The van der Waals surface area contributed by atoms with E-state index in [1.54, 1.807) is 12.3 Å². The van der Waals surface area contributed by atoms with Crippen LogP contribution < -0.4 is 4.72 Å². The lowest BCUT2D eigenvalue weighted by atomic mass is 10.1. The van der Waals surface area contributed by atoms with E-state index in [1.165, 1.54) is 12.1 Å². The molecule has 25 heavy (non-hydrogen) atoms. The Kier molecular flexibility index (Phi) is 4.35. The number of nitrogens with one attached hydrogen (secondary N) is 1. The summed E-state index contributed by atoms with van der Waals surface area (Å²) in [7, 11) is -3.21. The van der Waals surface area contributed by atoms with Gasteiger partial charge in [0.2, 0.25) is 10.0 Å². The fourth-order valence-corrected chi connectivity index (χ4v) is 4.76. The SMILES string of the molecule is O=S(=O)(NC[C@@H]1CN(Cc2cccc(F)c2)Cc2ccnn21)C1CC1. The minimum Gasteiger partial charge on any atom is -0.291 e. The maximum absolute atomic E-state index is 13.4. The number of hydrogen-bond acceptors (Lipinski definition) is 4. The summed E-state index contributed by atoms with van der Waals surface area (Å²) in [5.74, 6) is -0.242. The number of fused-ring (bicyclic) bond motifs is 1. The lowest BCUT2D eigenvalue weighted by Gasteiger charge is -2.34. The first-order valence-electron chi connectivity index (χ1n) is 8.49. The van der Waals surface area contributed by atoms with Crippen LogP contribution in [0.2, 0.25) is 0 Å². The average molecular weight is 364 g/mol. The third-order valence-corrected chi connectivity index (χ3v) is 6.65. The molecule has 4 rings (SSSR count). The van der Waals surface area contributed by atoms with Crippen LogP contribution in [0, 0.1) is 5.82 Å².